The molecular formula is C12H12N2O4. The van der Waals surface area contributed by atoms with Gasteiger partial charge >= 0.3 is 5.97 Å². The van der Waals surface area contributed by atoms with Crippen LogP contribution in [0.2, 0.25) is 0 Å². The van der Waals surface area contributed by atoms with E-state index in [9.17, 15) is 9.90 Å². The average Bonchev–Trinajstić information content (AvgIpc) is 2.93. The normalized spacial score (nSPS) is 19.6. The Bertz CT molecular complexity index is 607. The van der Waals surface area contributed by atoms with E-state index in [1.807, 2.05) is 4.90 Å². The highest BCUT2D eigenvalue weighted by molar-refractivity contribution is 5.92. The molecule has 2 N–H and O–H groups in total. The number of aliphatic hydroxyl groups excluding tert-OH is 1. The molecule has 1 unspecified atom stereocenters. The predicted molar refractivity (Wildman–Crippen MR) is 63.8 cm³/mol. The van der Waals surface area contributed by atoms with Gasteiger partial charge in [0, 0.05) is 13.1 Å². The molecule has 94 valence electrons. The summed E-state index contributed by atoms with van der Waals surface area (Å²) in [6.07, 6.45) is 0.341. The second-order valence-electron chi connectivity index (χ2n) is 4.37. The van der Waals surface area contributed by atoms with Gasteiger partial charge < -0.3 is 19.5 Å². The molecule has 1 aliphatic heterocycles. The van der Waals surface area contributed by atoms with Crippen LogP contribution in [0.15, 0.2) is 22.6 Å². The maximum absolute atomic E-state index is 10.8. The van der Waals surface area contributed by atoms with Gasteiger partial charge in [-0.3, -0.25) is 0 Å². The van der Waals surface area contributed by atoms with Crippen molar-refractivity contribution in [3.63, 3.8) is 0 Å². The lowest BCUT2D eigenvalue weighted by atomic mass is 10.2. The number of aromatic nitrogens is 1. The van der Waals surface area contributed by atoms with Crippen molar-refractivity contribution < 1.29 is 19.4 Å². The molecule has 1 fully saturated rings. The Morgan fingerprint density at radius 1 is 1.50 bits per heavy atom. The maximum Gasteiger partial charge on any atom is 0.335 e. The molecule has 1 aromatic carbocycles. The van der Waals surface area contributed by atoms with Gasteiger partial charge in [0.25, 0.3) is 6.01 Å². The van der Waals surface area contributed by atoms with Crippen LogP contribution in [0.25, 0.3) is 11.1 Å². The molecule has 18 heavy (non-hydrogen) atoms. The summed E-state index contributed by atoms with van der Waals surface area (Å²) in [5.41, 5.74) is 1.24. The van der Waals surface area contributed by atoms with E-state index in [1.165, 1.54) is 12.1 Å². The van der Waals surface area contributed by atoms with Crippen LogP contribution >= 0.6 is 0 Å². The minimum Gasteiger partial charge on any atom is -0.478 e. The van der Waals surface area contributed by atoms with Gasteiger partial charge in [-0.25, -0.2) is 4.79 Å². The number of aliphatic hydroxyl groups is 1. The predicted octanol–water partition coefficient (Wildman–Crippen LogP) is 1.10. The monoisotopic (exact) mass is 248 g/mol. The summed E-state index contributed by atoms with van der Waals surface area (Å²) < 4.78 is 5.53. The van der Waals surface area contributed by atoms with Crippen molar-refractivity contribution >= 4 is 23.1 Å². The molecular weight excluding hydrogens is 236 g/mol. The number of hydrogen-bond donors (Lipinski definition) is 2. The molecule has 1 aliphatic rings. The Hall–Kier alpha value is -2.08. The Kier molecular flexibility index (Phi) is 2.45. The van der Waals surface area contributed by atoms with Crippen molar-refractivity contribution in [2.45, 2.75) is 12.5 Å². The molecule has 6 heteroatoms. The molecule has 2 heterocycles. The fraction of sp³-hybridized carbons (Fsp3) is 0.333. The zero-order valence-electron chi connectivity index (χ0n) is 9.54. The summed E-state index contributed by atoms with van der Waals surface area (Å²) in [6, 6.07) is 5.01. The molecule has 1 saturated heterocycles. The molecule has 0 bridgehead atoms. The number of rotatable bonds is 2. The van der Waals surface area contributed by atoms with E-state index in [4.69, 9.17) is 9.52 Å². The van der Waals surface area contributed by atoms with Crippen LogP contribution in [0.1, 0.15) is 16.8 Å². The summed E-state index contributed by atoms with van der Waals surface area (Å²) in [6.45, 7) is 1.19. The molecule has 0 amide bonds. The number of hydrogen-bond acceptors (Lipinski definition) is 5. The van der Waals surface area contributed by atoms with Gasteiger partial charge in [-0.05, 0) is 24.6 Å². The van der Waals surface area contributed by atoms with Crippen molar-refractivity contribution in [2.24, 2.45) is 0 Å². The number of oxazole rings is 1. The van der Waals surface area contributed by atoms with Gasteiger partial charge in [0.2, 0.25) is 0 Å². The third-order valence-corrected chi connectivity index (χ3v) is 3.06. The smallest absolute Gasteiger partial charge is 0.335 e. The average molecular weight is 248 g/mol. The van der Waals surface area contributed by atoms with Gasteiger partial charge in [-0.15, -0.1) is 0 Å². The molecule has 6 nitrogen and oxygen atoms in total. The Balaban J connectivity index is 1.98. The van der Waals surface area contributed by atoms with Crippen LogP contribution in [0.5, 0.6) is 0 Å². The topological polar surface area (TPSA) is 86.8 Å². The number of carbonyl (C=O) groups is 1. The SMILES string of the molecule is O=C(O)c1ccc2nc(N3CCC(O)C3)oc2c1. The van der Waals surface area contributed by atoms with Gasteiger partial charge in [-0.2, -0.15) is 4.98 Å². The number of aromatic carboxylic acids is 1. The zero-order chi connectivity index (χ0) is 12.7. The first-order valence-electron chi connectivity index (χ1n) is 5.70. The molecule has 0 saturated carbocycles. The number of fused-ring (bicyclic) bond motifs is 1. The molecule has 1 aromatic heterocycles. The summed E-state index contributed by atoms with van der Waals surface area (Å²) in [4.78, 5) is 17.0. The van der Waals surface area contributed by atoms with Crippen LogP contribution in [-0.4, -0.2) is 40.4 Å². The minimum absolute atomic E-state index is 0.173. The van der Waals surface area contributed by atoms with E-state index in [1.54, 1.807) is 6.07 Å². The van der Waals surface area contributed by atoms with E-state index < -0.39 is 5.97 Å². The van der Waals surface area contributed by atoms with E-state index in [0.717, 1.165) is 0 Å². The Morgan fingerprint density at radius 2 is 2.33 bits per heavy atom. The van der Waals surface area contributed by atoms with E-state index in [-0.39, 0.29) is 11.7 Å². The van der Waals surface area contributed by atoms with Gasteiger partial charge in [0.1, 0.15) is 5.52 Å². The summed E-state index contributed by atoms with van der Waals surface area (Å²) in [7, 11) is 0. The summed E-state index contributed by atoms with van der Waals surface area (Å²) in [5.74, 6) is -0.994. The second kappa shape index (κ2) is 3.99. The van der Waals surface area contributed by atoms with Crippen molar-refractivity contribution in [3.05, 3.63) is 23.8 Å². The largest absolute Gasteiger partial charge is 0.478 e. The standard InChI is InChI=1S/C12H12N2O4/c15-8-3-4-14(6-8)12-13-9-2-1-7(11(16)17)5-10(9)18-12/h1-2,5,8,15H,3-4,6H2,(H,16,17). The van der Waals surface area contributed by atoms with E-state index in [0.29, 0.717) is 36.6 Å². The van der Waals surface area contributed by atoms with E-state index >= 15 is 0 Å². The van der Waals surface area contributed by atoms with Gasteiger partial charge in [0.05, 0.1) is 11.7 Å². The second-order valence-corrected chi connectivity index (χ2v) is 4.37. The zero-order valence-corrected chi connectivity index (χ0v) is 9.54. The lowest BCUT2D eigenvalue weighted by molar-refractivity contribution is 0.0697. The Morgan fingerprint density at radius 3 is 3.00 bits per heavy atom. The molecule has 3 rings (SSSR count). The molecule has 0 spiro atoms. The molecule has 0 aliphatic carbocycles. The molecule has 0 radical (unpaired) electrons. The maximum atomic E-state index is 10.8. The number of β-amino-alcohol motifs (C(OH)–C–C–N with tert-alkyl or cyclic N) is 1. The number of carboxylic acids is 1. The van der Waals surface area contributed by atoms with Crippen LogP contribution in [-0.2, 0) is 0 Å². The van der Waals surface area contributed by atoms with Crippen molar-refractivity contribution in [3.8, 4) is 0 Å². The van der Waals surface area contributed by atoms with Crippen molar-refractivity contribution in [2.75, 3.05) is 18.0 Å². The minimum atomic E-state index is -0.994. The van der Waals surface area contributed by atoms with Crippen LogP contribution < -0.4 is 4.90 Å². The first-order chi connectivity index (χ1) is 8.63. The fourth-order valence-electron chi connectivity index (χ4n) is 2.10. The molecule has 1 atom stereocenters. The highest BCUT2D eigenvalue weighted by Gasteiger charge is 2.24. The summed E-state index contributed by atoms with van der Waals surface area (Å²) in [5, 5.41) is 18.4. The van der Waals surface area contributed by atoms with Crippen LogP contribution in [0, 0.1) is 0 Å². The van der Waals surface area contributed by atoms with E-state index in [2.05, 4.69) is 4.98 Å². The number of carboxylic acid groups (broad SMARTS) is 1. The quantitative estimate of drug-likeness (QED) is 0.827. The van der Waals surface area contributed by atoms with Gasteiger partial charge in [0.15, 0.2) is 5.58 Å². The molecule has 2 aromatic rings. The van der Waals surface area contributed by atoms with Crippen molar-refractivity contribution in [1.29, 1.82) is 0 Å². The van der Waals surface area contributed by atoms with Gasteiger partial charge in [-0.1, -0.05) is 0 Å². The van der Waals surface area contributed by atoms with Crippen LogP contribution in [0.4, 0.5) is 6.01 Å². The lowest BCUT2D eigenvalue weighted by Crippen LogP contribution is -2.21. The first-order valence-corrected chi connectivity index (χ1v) is 5.70. The highest BCUT2D eigenvalue weighted by atomic mass is 16.4. The highest BCUT2D eigenvalue weighted by Crippen LogP contribution is 2.25. The number of anilines is 1. The third kappa shape index (κ3) is 1.80. The van der Waals surface area contributed by atoms with Crippen LogP contribution in [0.3, 0.4) is 0 Å². The van der Waals surface area contributed by atoms with Crippen molar-refractivity contribution in [1.82, 2.24) is 4.98 Å². The number of nitrogens with zero attached hydrogens (tertiary/aromatic N) is 2. The third-order valence-electron chi connectivity index (χ3n) is 3.06. The fourth-order valence-corrected chi connectivity index (χ4v) is 2.10. The first kappa shape index (κ1) is 11.0. The lowest BCUT2D eigenvalue weighted by Gasteiger charge is -2.10. The summed E-state index contributed by atoms with van der Waals surface area (Å²) >= 11 is 0. The number of benzene rings is 1. The Labute approximate surface area is 102 Å².